The van der Waals surface area contributed by atoms with Crippen molar-refractivity contribution in [1.82, 2.24) is 9.97 Å². The Kier molecular flexibility index (Phi) is 6.60. The second-order valence-electron chi connectivity index (χ2n) is 3.22. The largest absolute Gasteiger partial charge is 0.382 e. The number of rotatable bonds is 3. The van der Waals surface area contributed by atoms with E-state index in [9.17, 15) is 0 Å². The Morgan fingerprint density at radius 1 is 0.882 bits per heavy atom. The van der Waals surface area contributed by atoms with Crippen LogP contribution < -0.4 is 0 Å². The maximum absolute atomic E-state index is 4.83. The summed E-state index contributed by atoms with van der Waals surface area (Å²) in [5.74, 6) is 0.776. The zero-order chi connectivity index (χ0) is 12.3. The summed E-state index contributed by atoms with van der Waals surface area (Å²) >= 11 is 0. The molecule has 1 aromatic heterocycles. The molecule has 3 nitrogen and oxygen atoms in total. The molecule has 0 amide bonds. The predicted octanol–water partition coefficient (Wildman–Crippen LogP) is 3.19. The third-order valence-corrected chi connectivity index (χ3v) is 2.01. The molecule has 0 spiro atoms. The van der Waals surface area contributed by atoms with E-state index < -0.39 is 0 Å². The third-order valence-electron chi connectivity index (χ3n) is 2.01. The van der Waals surface area contributed by atoms with Crippen LogP contribution in [0.4, 0.5) is 0 Å². The lowest BCUT2D eigenvalue weighted by Gasteiger charge is -1.96. The fourth-order valence-corrected chi connectivity index (χ4v) is 1.24. The van der Waals surface area contributed by atoms with Crippen molar-refractivity contribution in [1.29, 1.82) is 0 Å². The summed E-state index contributed by atoms with van der Waals surface area (Å²) in [5, 5.41) is 0. The highest BCUT2D eigenvalue weighted by Crippen LogP contribution is 2.11. The van der Waals surface area contributed by atoms with Gasteiger partial charge in [0.15, 0.2) is 5.82 Å². The number of aromatic nitrogens is 2. The highest BCUT2D eigenvalue weighted by Gasteiger charge is 1.95. The standard InChI is InChI=1S/C10H8N2.C4H10O/c1-2-5-9(6-3-1)10-11-7-4-8-12-10;1-3-5-4-2/h1-8H;3-4H2,1-2H3. The zero-order valence-corrected chi connectivity index (χ0v) is 10.3. The van der Waals surface area contributed by atoms with Crippen LogP contribution in [0, 0.1) is 0 Å². The Balaban J connectivity index is 0.000000249. The molecular weight excluding hydrogens is 212 g/mol. The lowest BCUT2D eigenvalue weighted by atomic mass is 10.2. The summed E-state index contributed by atoms with van der Waals surface area (Å²) in [7, 11) is 0. The Morgan fingerprint density at radius 2 is 1.47 bits per heavy atom. The van der Waals surface area contributed by atoms with Gasteiger partial charge >= 0.3 is 0 Å². The van der Waals surface area contributed by atoms with Crippen LogP contribution in [-0.4, -0.2) is 23.2 Å². The monoisotopic (exact) mass is 230 g/mol. The molecule has 17 heavy (non-hydrogen) atoms. The lowest BCUT2D eigenvalue weighted by molar-refractivity contribution is 0.162. The minimum absolute atomic E-state index is 0.776. The van der Waals surface area contributed by atoms with E-state index in [4.69, 9.17) is 4.74 Å². The minimum Gasteiger partial charge on any atom is -0.382 e. The molecule has 0 unspecified atom stereocenters. The van der Waals surface area contributed by atoms with Crippen LogP contribution in [-0.2, 0) is 4.74 Å². The van der Waals surface area contributed by atoms with Gasteiger partial charge < -0.3 is 4.74 Å². The van der Waals surface area contributed by atoms with Crippen LogP contribution in [0.25, 0.3) is 11.4 Å². The van der Waals surface area contributed by atoms with Gasteiger partial charge in [-0.15, -0.1) is 0 Å². The van der Waals surface area contributed by atoms with Gasteiger partial charge in [0.2, 0.25) is 0 Å². The average molecular weight is 230 g/mol. The van der Waals surface area contributed by atoms with Gasteiger partial charge in [0.1, 0.15) is 0 Å². The zero-order valence-electron chi connectivity index (χ0n) is 10.3. The molecule has 90 valence electrons. The van der Waals surface area contributed by atoms with Gasteiger partial charge in [0, 0.05) is 31.2 Å². The van der Waals surface area contributed by atoms with Crippen molar-refractivity contribution in [2.24, 2.45) is 0 Å². The molecule has 0 atom stereocenters. The summed E-state index contributed by atoms with van der Waals surface area (Å²) in [4.78, 5) is 8.28. The second-order valence-corrected chi connectivity index (χ2v) is 3.22. The number of benzene rings is 1. The van der Waals surface area contributed by atoms with E-state index in [-0.39, 0.29) is 0 Å². The summed E-state index contributed by atoms with van der Waals surface area (Å²) in [6.07, 6.45) is 3.49. The summed E-state index contributed by atoms with van der Waals surface area (Å²) in [5.41, 5.74) is 1.05. The molecule has 0 aliphatic rings. The first-order valence-corrected chi connectivity index (χ1v) is 5.78. The van der Waals surface area contributed by atoms with Crippen molar-refractivity contribution in [2.45, 2.75) is 13.8 Å². The van der Waals surface area contributed by atoms with E-state index in [0.29, 0.717) is 0 Å². The van der Waals surface area contributed by atoms with Crippen molar-refractivity contribution in [2.75, 3.05) is 13.2 Å². The van der Waals surface area contributed by atoms with Crippen LogP contribution >= 0.6 is 0 Å². The Hall–Kier alpha value is -1.74. The number of hydrogen-bond acceptors (Lipinski definition) is 3. The molecule has 2 rings (SSSR count). The lowest BCUT2D eigenvalue weighted by Crippen LogP contribution is -1.84. The molecule has 0 N–H and O–H groups in total. The minimum atomic E-state index is 0.776. The van der Waals surface area contributed by atoms with Crippen LogP contribution in [0.5, 0.6) is 0 Å². The Morgan fingerprint density at radius 3 is 1.94 bits per heavy atom. The molecule has 0 saturated carbocycles. The smallest absolute Gasteiger partial charge is 0.159 e. The van der Waals surface area contributed by atoms with E-state index in [0.717, 1.165) is 24.6 Å². The molecule has 0 saturated heterocycles. The van der Waals surface area contributed by atoms with Gasteiger partial charge in [0.05, 0.1) is 0 Å². The molecule has 0 aliphatic carbocycles. The quantitative estimate of drug-likeness (QED) is 0.812. The van der Waals surface area contributed by atoms with Gasteiger partial charge in [-0.2, -0.15) is 0 Å². The van der Waals surface area contributed by atoms with Gasteiger partial charge in [-0.1, -0.05) is 30.3 Å². The number of hydrogen-bond donors (Lipinski definition) is 0. The molecule has 3 heteroatoms. The summed E-state index contributed by atoms with van der Waals surface area (Å²) in [6.45, 7) is 5.67. The molecule has 1 heterocycles. The molecule has 0 fully saturated rings. The Labute approximate surface area is 103 Å². The van der Waals surface area contributed by atoms with Gasteiger partial charge in [-0.05, 0) is 19.9 Å². The summed E-state index contributed by atoms with van der Waals surface area (Å²) < 4.78 is 4.83. The maximum atomic E-state index is 4.83. The van der Waals surface area contributed by atoms with E-state index in [1.807, 2.05) is 50.2 Å². The molecule has 1 aromatic carbocycles. The SMILES string of the molecule is CCOCC.c1ccc(-c2ncccn2)cc1. The Bertz CT molecular complexity index is 350. The van der Waals surface area contributed by atoms with Crippen molar-refractivity contribution < 1.29 is 4.74 Å². The first kappa shape index (κ1) is 13.3. The van der Waals surface area contributed by atoms with Crippen LogP contribution in [0.15, 0.2) is 48.8 Å². The van der Waals surface area contributed by atoms with Gasteiger partial charge in [-0.25, -0.2) is 9.97 Å². The second kappa shape index (κ2) is 8.42. The fourth-order valence-electron chi connectivity index (χ4n) is 1.24. The molecule has 2 aromatic rings. The van der Waals surface area contributed by atoms with Gasteiger partial charge in [-0.3, -0.25) is 0 Å². The number of ether oxygens (including phenoxy) is 1. The number of nitrogens with zero attached hydrogens (tertiary/aromatic N) is 2. The van der Waals surface area contributed by atoms with Crippen molar-refractivity contribution in [3.05, 3.63) is 48.8 Å². The normalized spacial score (nSPS) is 9.29. The summed E-state index contributed by atoms with van der Waals surface area (Å²) in [6, 6.07) is 11.7. The van der Waals surface area contributed by atoms with Crippen molar-refractivity contribution >= 4 is 0 Å². The fraction of sp³-hybridized carbons (Fsp3) is 0.286. The molecule has 0 aliphatic heterocycles. The molecular formula is C14H18N2O. The highest BCUT2D eigenvalue weighted by atomic mass is 16.5. The predicted molar refractivity (Wildman–Crippen MR) is 69.6 cm³/mol. The van der Waals surface area contributed by atoms with Crippen LogP contribution in [0.3, 0.4) is 0 Å². The molecule has 0 bridgehead atoms. The first-order chi connectivity index (χ1) is 8.38. The highest BCUT2D eigenvalue weighted by molar-refractivity contribution is 5.53. The van der Waals surface area contributed by atoms with E-state index in [1.54, 1.807) is 12.4 Å². The molecule has 0 radical (unpaired) electrons. The first-order valence-electron chi connectivity index (χ1n) is 5.78. The topological polar surface area (TPSA) is 35.0 Å². The van der Waals surface area contributed by atoms with E-state index in [2.05, 4.69) is 9.97 Å². The van der Waals surface area contributed by atoms with E-state index >= 15 is 0 Å². The van der Waals surface area contributed by atoms with Crippen LogP contribution in [0.2, 0.25) is 0 Å². The third kappa shape index (κ3) is 5.22. The average Bonchev–Trinajstić information content (AvgIpc) is 2.42. The van der Waals surface area contributed by atoms with Gasteiger partial charge in [0.25, 0.3) is 0 Å². The van der Waals surface area contributed by atoms with Crippen LogP contribution in [0.1, 0.15) is 13.8 Å². The maximum Gasteiger partial charge on any atom is 0.159 e. The van der Waals surface area contributed by atoms with E-state index in [1.165, 1.54) is 0 Å². The van der Waals surface area contributed by atoms with Crippen molar-refractivity contribution in [3.63, 3.8) is 0 Å². The van der Waals surface area contributed by atoms with Crippen molar-refractivity contribution in [3.8, 4) is 11.4 Å².